The molecule has 0 aliphatic carbocycles. The standard InChI is InChI=1S/C11H8ClNO5/c1-17-9-3-6(12)5(2-8(9)14)7-4-10(11(15)16)18-13-7/h2-4,14H,1H3,(H,15,16). The Balaban J connectivity index is 2.50. The van der Waals surface area contributed by atoms with Crippen molar-refractivity contribution in [2.45, 2.75) is 0 Å². The van der Waals surface area contributed by atoms with E-state index in [0.717, 1.165) is 0 Å². The summed E-state index contributed by atoms with van der Waals surface area (Å²) in [5.41, 5.74) is 0.571. The second-order valence-electron chi connectivity index (χ2n) is 3.39. The molecule has 2 aromatic rings. The minimum absolute atomic E-state index is 0.128. The first kappa shape index (κ1) is 12.3. The van der Waals surface area contributed by atoms with Crippen LogP contribution < -0.4 is 4.74 Å². The molecule has 0 amide bonds. The Hall–Kier alpha value is -2.21. The van der Waals surface area contributed by atoms with Gasteiger partial charge in [0.1, 0.15) is 5.69 Å². The Labute approximate surface area is 106 Å². The van der Waals surface area contributed by atoms with Gasteiger partial charge in [0.15, 0.2) is 11.5 Å². The van der Waals surface area contributed by atoms with Crippen molar-refractivity contribution in [1.82, 2.24) is 5.16 Å². The van der Waals surface area contributed by atoms with E-state index in [2.05, 4.69) is 9.68 Å². The van der Waals surface area contributed by atoms with E-state index >= 15 is 0 Å². The maximum absolute atomic E-state index is 10.7. The minimum Gasteiger partial charge on any atom is -0.504 e. The number of benzene rings is 1. The summed E-state index contributed by atoms with van der Waals surface area (Å²) in [6.45, 7) is 0. The predicted octanol–water partition coefficient (Wildman–Crippen LogP) is 2.41. The molecule has 1 aromatic carbocycles. The number of nitrogens with zero attached hydrogens (tertiary/aromatic N) is 1. The van der Waals surface area contributed by atoms with Gasteiger partial charge in [-0.15, -0.1) is 0 Å². The number of phenols is 1. The Morgan fingerprint density at radius 2 is 2.17 bits per heavy atom. The highest BCUT2D eigenvalue weighted by molar-refractivity contribution is 6.33. The number of aromatic carboxylic acids is 1. The van der Waals surface area contributed by atoms with Gasteiger partial charge in [-0.05, 0) is 6.07 Å². The molecule has 0 fully saturated rings. The molecule has 2 N–H and O–H groups in total. The van der Waals surface area contributed by atoms with Crippen molar-refractivity contribution >= 4 is 17.6 Å². The van der Waals surface area contributed by atoms with Crippen LogP contribution in [0.3, 0.4) is 0 Å². The number of methoxy groups -OCH3 is 1. The minimum atomic E-state index is -1.23. The van der Waals surface area contributed by atoms with Gasteiger partial charge in [0, 0.05) is 17.7 Å². The molecule has 0 radical (unpaired) electrons. The monoisotopic (exact) mass is 269 g/mol. The van der Waals surface area contributed by atoms with E-state index in [-0.39, 0.29) is 28.0 Å². The molecule has 0 aliphatic rings. The number of hydrogen-bond acceptors (Lipinski definition) is 5. The van der Waals surface area contributed by atoms with Crippen LogP contribution in [0.1, 0.15) is 10.6 Å². The number of carbonyl (C=O) groups is 1. The molecule has 18 heavy (non-hydrogen) atoms. The van der Waals surface area contributed by atoms with Crippen LogP contribution in [0.5, 0.6) is 11.5 Å². The summed E-state index contributed by atoms with van der Waals surface area (Å²) < 4.78 is 9.50. The van der Waals surface area contributed by atoms with Crippen molar-refractivity contribution in [1.29, 1.82) is 0 Å². The van der Waals surface area contributed by atoms with Gasteiger partial charge in [-0.1, -0.05) is 16.8 Å². The molecule has 0 spiro atoms. The van der Waals surface area contributed by atoms with Gasteiger partial charge in [0.25, 0.3) is 0 Å². The largest absolute Gasteiger partial charge is 0.504 e. The van der Waals surface area contributed by atoms with Crippen LogP contribution in [0.15, 0.2) is 22.7 Å². The number of hydrogen-bond donors (Lipinski definition) is 2. The fourth-order valence-electron chi connectivity index (χ4n) is 1.41. The molecule has 0 saturated carbocycles. The van der Waals surface area contributed by atoms with E-state index in [0.29, 0.717) is 5.56 Å². The Kier molecular flexibility index (Phi) is 3.12. The van der Waals surface area contributed by atoms with Gasteiger partial charge in [-0.3, -0.25) is 0 Å². The highest BCUT2D eigenvalue weighted by atomic mass is 35.5. The van der Waals surface area contributed by atoms with Crippen molar-refractivity contribution in [3.8, 4) is 22.8 Å². The maximum atomic E-state index is 10.7. The first-order valence-electron chi connectivity index (χ1n) is 4.80. The van der Waals surface area contributed by atoms with Crippen LogP contribution in [-0.4, -0.2) is 28.4 Å². The first-order valence-corrected chi connectivity index (χ1v) is 5.17. The lowest BCUT2D eigenvalue weighted by Crippen LogP contribution is -1.91. The lowest BCUT2D eigenvalue weighted by atomic mass is 10.1. The topological polar surface area (TPSA) is 92.8 Å². The molecule has 2 rings (SSSR count). The molecule has 0 unspecified atom stereocenters. The summed E-state index contributed by atoms with van der Waals surface area (Å²) in [7, 11) is 1.39. The second-order valence-corrected chi connectivity index (χ2v) is 3.79. The molecule has 0 atom stereocenters. The summed E-state index contributed by atoms with van der Waals surface area (Å²) in [6.07, 6.45) is 0. The Morgan fingerprint density at radius 1 is 1.44 bits per heavy atom. The van der Waals surface area contributed by atoms with Crippen LogP contribution in [0.2, 0.25) is 5.02 Å². The number of ether oxygens (including phenoxy) is 1. The van der Waals surface area contributed by atoms with E-state index in [1.165, 1.54) is 25.3 Å². The van der Waals surface area contributed by atoms with Crippen molar-refractivity contribution in [2.24, 2.45) is 0 Å². The fraction of sp³-hybridized carbons (Fsp3) is 0.0909. The number of carboxylic acids is 1. The van der Waals surface area contributed by atoms with E-state index in [1.807, 2.05) is 0 Å². The lowest BCUT2D eigenvalue weighted by Gasteiger charge is -2.06. The van der Waals surface area contributed by atoms with E-state index in [4.69, 9.17) is 21.4 Å². The lowest BCUT2D eigenvalue weighted by molar-refractivity contribution is 0.0652. The molecular weight excluding hydrogens is 262 g/mol. The number of halogens is 1. The molecule has 0 saturated heterocycles. The van der Waals surface area contributed by atoms with Crippen molar-refractivity contribution in [3.05, 3.63) is 29.0 Å². The quantitative estimate of drug-likeness (QED) is 0.889. The second kappa shape index (κ2) is 4.58. The summed E-state index contributed by atoms with van der Waals surface area (Å²) in [5, 5.41) is 22.2. The van der Waals surface area contributed by atoms with Gasteiger partial charge in [0.05, 0.1) is 12.1 Å². The molecule has 1 heterocycles. The highest BCUT2D eigenvalue weighted by Gasteiger charge is 2.16. The van der Waals surface area contributed by atoms with E-state index in [9.17, 15) is 9.90 Å². The SMILES string of the molecule is COc1cc(Cl)c(-c2cc(C(=O)O)on2)cc1O. The summed E-state index contributed by atoms with van der Waals surface area (Å²) in [6, 6.07) is 3.95. The normalized spacial score (nSPS) is 10.3. The summed E-state index contributed by atoms with van der Waals surface area (Å²) >= 11 is 5.98. The maximum Gasteiger partial charge on any atom is 0.374 e. The third-order valence-corrected chi connectivity index (χ3v) is 2.58. The molecule has 0 bridgehead atoms. The van der Waals surface area contributed by atoms with Gasteiger partial charge >= 0.3 is 5.97 Å². The van der Waals surface area contributed by atoms with E-state index in [1.54, 1.807) is 0 Å². The molecule has 7 heteroatoms. The molecule has 6 nitrogen and oxygen atoms in total. The predicted molar refractivity (Wildman–Crippen MR) is 62.1 cm³/mol. The van der Waals surface area contributed by atoms with Crippen LogP contribution >= 0.6 is 11.6 Å². The van der Waals surface area contributed by atoms with Gasteiger partial charge in [-0.2, -0.15) is 0 Å². The number of aromatic nitrogens is 1. The molecular formula is C11H8ClNO5. The average molecular weight is 270 g/mol. The van der Waals surface area contributed by atoms with Gasteiger partial charge in [0.2, 0.25) is 5.76 Å². The third-order valence-electron chi connectivity index (χ3n) is 2.27. The van der Waals surface area contributed by atoms with Gasteiger partial charge in [-0.25, -0.2) is 4.79 Å². The van der Waals surface area contributed by atoms with E-state index < -0.39 is 5.97 Å². The zero-order valence-electron chi connectivity index (χ0n) is 9.18. The Bertz CT molecular complexity index is 607. The fourth-order valence-corrected chi connectivity index (χ4v) is 1.66. The van der Waals surface area contributed by atoms with Crippen LogP contribution in [0.25, 0.3) is 11.3 Å². The van der Waals surface area contributed by atoms with Gasteiger partial charge < -0.3 is 19.5 Å². The third kappa shape index (κ3) is 2.10. The zero-order valence-corrected chi connectivity index (χ0v) is 9.93. The first-order chi connectivity index (χ1) is 8.52. The molecule has 0 aliphatic heterocycles. The van der Waals surface area contributed by atoms with Crippen molar-refractivity contribution in [2.75, 3.05) is 7.11 Å². The van der Waals surface area contributed by atoms with Crippen LogP contribution in [0, 0.1) is 0 Å². The van der Waals surface area contributed by atoms with Crippen molar-refractivity contribution < 1.29 is 24.3 Å². The summed E-state index contributed by atoms with van der Waals surface area (Å²) in [4.78, 5) is 10.7. The zero-order chi connectivity index (χ0) is 13.3. The molecule has 94 valence electrons. The smallest absolute Gasteiger partial charge is 0.374 e. The number of aromatic hydroxyl groups is 1. The van der Waals surface area contributed by atoms with Crippen molar-refractivity contribution in [3.63, 3.8) is 0 Å². The number of carboxylic acid groups (broad SMARTS) is 1. The van der Waals surface area contributed by atoms with Crippen LogP contribution in [-0.2, 0) is 0 Å². The Morgan fingerprint density at radius 3 is 2.72 bits per heavy atom. The molecule has 1 aromatic heterocycles. The van der Waals surface area contributed by atoms with Crippen LogP contribution in [0.4, 0.5) is 0 Å². The summed E-state index contributed by atoms with van der Waals surface area (Å²) in [5.74, 6) is -1.46. The number of phenolic OH excluding ortho intramolecular Hbond substituents is 1. The highest BCUT2D eigenvalue weighted by Crippen LogP contribution is 2.37. The average Bonchev–Trinajstić information content (AvgIpc) is 2.81. The number of rotatable bonds is 3.